The van der Waals surface area contributed by atoms with Crippen LogP contribution in [0.2, 0.25) is 0 Å². The summed E-state index contributed by atoms with van der Waals surface area (Å²) in [6.45, 7) is 0. The summed E-state index contributed by atoms with van der Waals surface area (Å²) in [5.74, 6) is 2.00. The largest absolute Gasteiger partial charge is 1.00 e. The number of nitrogens with zero attached hydrogens (tertiary/aromatic N) is 1. The van der Waals surface area contributed by atoms with Gasteiger partial charge in [0.2, 0.25) is 0 Å². The first-order chi connectivity index (χ1) is 2.41. The number of hydrogen-bond donors (Lipinski definition) is 1. The molecule has 0 unspecified atom stereocenters. The molecule has 0 aliphatic rings. The molecular weight excluding hydrogens is 87.8 g/mol. The zero-order chi connectivity index (χ0) is 4.71. The molecule has 0 aromatic rings. The van der Waals surface area contributed by atoms with Gasteiger partial charge in [0.25, 0.3) is 0 Å². The second-order valence-corrected chi connectivity index (χ2v) is 0. The Bertz CT molecular complexity index is 35.0. The fourth-order valence-corrected chi connectivity index (χ4v) is 0. The van der Waals surface area contributed by atoms with Crippen LogP contribution < -0.4 is 29.6 Å². The summed E-state index contributed by atoms with van der Waals surface area (Å²) >= 11 is 0. The van der Waals surface area contributed by atoms with Gasteiger partial charge in [-0.3, -0.25) is 5.26 Å². The van der Waals surface area contributed by atoms with Crippen molar-refractivity contribution in [1.29, 1.82) is 5.26 Å². The van der Waals surface area contributed by atoms with Gasteiger partial charge in [0.05, 0.1) is 7.85 Å². The third-order valence-electron chi connectivity index (χ3n) is 0. The minimum Gasteiger partial charge on any atom is -0.400 e. The molecule has 0 aliphatic heterocycles. The Morgan fingerprint density at radius 3 is 1.67 bits per heavy atom. The molecule has 0 saturated heterocycles. The van der Waals surface area contributed by atoms with E-state index >= 15 is 0 Å². The maximum Gasteiger partial charge on any atom is 1.00 e. The van der Waals surface area contributed by atoms with Crippen LogP contribution >= 0.6 is 0 Å². The molecule has 0 radical (unpaired) electrons. The van der Waals surface area contributed by atoms with Gasteiger partial charge in [-0.25, -0.2) is 0 Å². The molecule has 0 heterocycles. The second-order valence-electron chi connectivity index (χ2n) is 0. The fraction of sp³-hybridized carbons (Fsp3) is 0.500. The van der Waals surface area contributed by atoms with Gasteiger partial charge in [0.1, 0.15) is 0 Å². The number of aliphatic hydroxyl groups excluding tert-OH is 1. The third-order valence-corrected chi connectivity index (χ3v) is 0. The van der Waals surface area contributed by atoms with Crippen LogP contribution in [-0.4, -0.2) is 20.1 Å². The maximum absolute atomic E-state index is 7.43. The summed E-state index contributed by atoms with van der Waals surface area (Å²) in [5.41, 5.74) is 0. The Balaban J connectivity index is -0.0000000275. The number of hydrogen-bond acceptors (Lipinski definition) is 2. The monoisotopic (exact) mass is 95.1 g/mol. The summed E-state index contributed by atoms with van der Waals surface area (Å²) in [7, 11) is 1.07. The van der Waals surface area contributed by atoms with Gasteiger partial charge in [0.15, 0.2) is 0 Å². The molecule has 0 rings (SSSR count). The molecule has 0 atom stereocenters. The van der Waals surface area contributed by atoms with Crippen LogP contribution in [0.25, 0.3) is 0 Å². The van der Waals surface area contributed by atoms with Crippen molar-refractivity contribution in [2.75, 3.05) is 7.11 Å². The molecule has 4 heteroatoms. The van der Waals surface area contributed by atoms with Gasteiger partial charge in [-0.15, -0.1) is 0 Å². The van der Waals surface area contributed by atoms with Crippen molar-refractivity contribution in [3.63, 3.8) is 0 Å². The molecule has 2 nitrogen and oxygen atoms in total. The Labute approximate surface area is 60.9 Å². The molecule has 0 fully saturated rings. The first-order valence-corrected chi connectivity index (χ1v) is 0.671. The number of rotatable bonds is 0. The van der Waals surface area contributed by atoms with Crippen LogP contribution in [0.5, 0.6) is 0 Å². The van der Waals surface area contributed by atoms with Crippen LogP contribution in [0, 0.1) is 11.2 Å². The van der Waals surface area contributed by atoms with Crippen molar-refractivity contribution < 1.29 is 34.7 Å². The zero-order valence-electron chi connectivity index (χ0n) is 3.39. The molecule has 30 valence electrons. The summed E-state index contributed by atoms with van der Waals surface area (Å²) < 4.78 is 0. The number of aliphatic hydroxyl groups is 1. The Hall–Kier alpha value is 0.515. The van der Waals surface area contributed by atoms with Crippen LogP contribution in [0.3, 0.4) is 0 Å². The summed E-state index contributed by atoms with van der Waals surface area (Å²) in [6, 6.07) is 0. The predicted octanol–water partition coefficient (Wildman–Crippen LogP) is -4.55. The maximum atomic E-state index is 7.43. The van der Waals surface area contributed by atoms with E-state index in [0.717, 1.165) is 7.11 Å². The number of nitriles is 1. The molecule has 0 aromatic carbocycles. The van der Waals surface area contributed by atoms with Crippen LogP contribution in [0.15, 0.2) is 0 Å². The Morgan fingerprint density at radius 1 is 1.67 bits per heavy atom. The van der Waals surface area contributed by atoms with Gasteiger partial charge in [0, 0.05) is 7.11 Å². The molecule has 0 amide bonds. The Kier molecular flexibility index (Phi) is 131. The molecular formula is C2H7BNNaO. The standard InChI is InChI=1S/CH3BN.CH4O.Na/c2-1-3;1-2;/h2H3;2H,1H3;/q-1;;+1. The zero-order valence-corrected chi connectivity index (χ0v) is 5.39. The van der Waals surface area contributed by atoms with Gasteiger partial charge < -0.3 is 5.11 Å². The fourth-order valence-electron chi connectivity index (χ4n) is 0. The minimum absolute atomic E-state index is 0. The summed E-state index contributed by atoms with van der Waals surface area (Å²) in [6.07, 6.45) is 0. The van der Waals surface area contributed by atoms with Gasteiger partial charge in [-0.1, -0.05) is 0 Å². The van der Waals surface area contributed by atoms with Crippen molar-refractivity contribution in [3.05, 3.63) is 0 Å². The first kappa shape index (κ1) is 16.0. The average Bonchev–Trinajstić information content (AvgIpc) is 1.46. The van der Waals surface area contributed by atoms with Crippen molar-refractivity contribution in [2.45, 2.75) is 0 Å². The first-order valence-electron chi connectivity index (χ1n) is 0.671. The van der Waals surface area contributed by atoms with E-state index in [1.165, 1.54) is 0 Å². The smallest absolute Gasteiger partial charge is 0.400 e. The van der Waals surface area contributed by atoms with Crippen LogP contribution in [0.1, 0.15) is 0 Å². The summed E-state index contributed by atoms with van der Waals surface area (Å²) in [4.78, 5) is 0. The normalized spacial score (nSPS) is 2.33. The van der Waals surface area contributed by atoms with Crippen molar-refractivity contribution >= 4 is 7.85 Å². The van der Waals surface area contributed by atoms with Crippen molar-refractivity contribution in [2.24, 2.45) is 0 Å². The SMILES string of the molecule is CO.[BH3-]C#N.[Na+]. The minimum atomic E-state index is 0. The predicted molar refractivity (Wildman–Crippen MR) is 23.7 cm³/mol. The molecule has 0 aliphatic carbocycles. The van der Waals surface area contributed by atoms with Crippen LogP contribution in [-0.2, 0) is 0 Å². The van der Waals surface area contributed by atoms with E-state index < -0.39 is 0 Å². The second kappa shape index (κ2) is 49.0. The molecule has 6 heavy (non-hydrogen) atoms. The molecule has 0 saturated carbocycles. The average molecular weight is 94.9 g/mol. The Morgan fingerprint density at radius 2 is 1.67 bits per heavy atom. The quantitative estimate of drug-likeness (QED) is 0.308. The van der Waals surface area contributed by atoms with E-state index in [4.69, 9.17) is 10.4 Å². The van der Waals surface area contributed by atoms with E-state index in [1.807, 2.05) is 5.97 Å². The van der Waals surface area contributed by atoms with E-state index in [-0.39, 0.29) is 37.4 Å². The third kappa shape index (κ3) is 210. The van der Waals surface area contributed by atoms with Gasteiger partial charge in [-0.05, 0) is 0 Å². The molecule has 1 N–H and O–H groups in total. The summed E-state index contributed by atoms with van der Waals surface area (Å²) in [5, 5.41) is 14.4. The van der Waals surface area contributed by atoms with Gasteiger partial charge >= 0.3 is 29.6 Å². The molecule has 0 bridgehead atoms. The van der Waals surface area contributed by atoms with E-state index in [1.54, 1.807) is 0 Å². The van der Waals surface area contributed by atoms with Crippen molar-refractivity contribution in [3.8, 4) is 5.97 Å². The van der Waals surface area contributed by atoms with Crippen molar-refractivity contribution in [1.82, 2.24) is 0 Å². The topological polar surface area (TPSA) is 44.0 Å². The molecule has 0 aromatic heterocycles. The van der Waals surface area contributed by atoms with Crippen LogP contribution in [0.4, 0.5) is 0 Å². The van der Waals surface area contributed by atoms with E-state index in [9.17, 15) is 0 Å². The van der Waals surface area contributed by atoms with E-state index in [2.05, 4.69) is 0 Å². The van der Waals surface area contributed by atoms with E-state index in [0.29, 0.717) is 0 Å². The molecule has 0 spiro atoms. The van der Waals surface area contributed by atoms with Gasteiger partial charge in [-0.2, -0.15) is 5.97 Å².